The largest absolute Gasteiger partial charge is 0.496 e. The van der Waals surface area contributed by atoms with Crippen LogP contribution in [-0.2, 0) is 18.4 Å². The normalized spacial score (nSPS) is 12.2. The van der Waals surface area contributed by atoms with E-state index < -0.39 is 18.6 Å². The Hall–Kier alpha value is -3.62. The van der Waals surface area contributed by atoms with Crippen LogP contribution in [0.25, 0.3) is 23.3 Å². The van der Waals surface area contributed by atoms with Crippen molar-refractivity contribution in [2.45, 2.75) is 19.5 Å². The van der Waals surface area contributed by atoms with Crippen molar-refractivity contribution in [3.63, 3.8) is 0 Å². The van der Waals surface area contributed by atoms with E-state index in [4.69, 9.17) is 14.6 Å². The smallest absolute Gasteiger partial charge is 0.323 e. The zero-order valence-electron chi connectivity index (χ0n) is 19.2. The van der Waals surface area contributed by atoms with Gasteiger partial charge in [-0.1, -0.05) is 30.4 Å². The highest BCUT2D eigenvalue weighted by molar-refractivity contribution is 5.78. The first-order valence-corrected chi connectivity index (χ1v) is 10.5. The van der Waals surface area contributed by atoms with Crippen molar-refractivity contribution in [3.8, 4) is 22.6 Å². The van der Waals surface area contributed by atoms with Crippen LogP contribution in [0.5, 0.6) is 11.5 Å². The number of carbonyl (C=O) groups is 1. The summed E-state index contributed by atoms with van der Waals surface area (Å²) in [5.74, 6) is -0.00677. The molecule has 33 heavy (non-hydrogen) atoms. The first kappa shape index (κ1) is 24.0. The molecule has 174 valence electrons. The quantitative estimate of drug-likeness (QED) is 0.407. The number of carboxylic acids is 1. The highest BCUT2D eigenvalue weighted by Gasteiger charge is 2.18. The number of hydrogen-bond acceptors (Lipinski definition) is 6. The van der Waals surface area contributed by atoms with E-state index in [-0.39, 0.29) is 6.54 Å². The van der Waals surface area contributed by atoms with E-state index in [9.17, 15) is 9.90 Å². The molecule has 8 heteroatoms. The van der Waals surface area contributed by atoms with E-state index in [0.29, 0.717) is 17.1 Å². The fraction of sp³-hybridized carbons (Fsp3) is 0.280. The van der Waals surface area contributed by atoms with Gasteiger partial charge in [0.25, 0.3) is 0 Å². The van der Waals surface area contributed by atoms with E-state index in [2.05, 4.69) is 29.5 Å². The van der Waals surface area contributed by atoms with E-state index >= 15 is 0 Å². The summed E-state index contributed by atoms with van der Waals surface area (Å²) in [6.45, 7) is 1.73. The van der Waals surface area contributed by atoms with Gasteiger partial charge in [-0.25, -0.2) is 0 Å². The zero-order chi connectivity index (χ0) is 24.0. The summed E-state index contributed by atoms with van der Waals surface area (Å²) in [4.78, 5) is 11.2. The Morgan fingerprint density at radius 3 is 2.45 bits per heavy atom. The first-order chi connectivity index (χ1) is 15.9. The molecule has 8 nitrogen and oxygen atoms in total. The fourth-order valence-corrected chi connectivity index (χ4v) is 3.62. The van der Waals surface area contributed by atoms with Gasteiger partial charge in [0.05, 0.1) is 27.0 Å². The predicted molar refractivity (Wildman–Crippen MR) is 127 cm³/mol. The number of hydrogen-bond donors (Lipinski definition) is 3. The minimum absolute atomic E-state index is 0.167. The third-order valence-corrected chi connectivity index (χ3v) is 5.48. The molecule has 2 aromatic carbocycles. The van der Waals surface area contributed by atoms with Gasteiger partial charge in [-0.3, -0.25) is 14.8 Å². The van der Waals surface area contributed by atoms with Crippen LogP contribution >= 0.6 is 0 Å². The summed E-state index contributed by atoms with van der Waals surface area (Å²) in [7, 11) is 5.00. The summed E-state index contributed by atoms with van der Waals surface area (Å²) in [5, 5.41) is 25.5. The maximum atomic E-state index is 11.2. The molecule has 1 atom stereocenters. The number of aryl methyl sites for hydroxylation is 1. The molecule has 0 bridgehead atoms. The van der Waals surface area contributed by atoms with Crippen molar-refractivity contribution >= 4 is 18.1 Å². The number of aliphatic carboxylic acids is 1. The minimum atomic E-state index is -1.13. The van der Waals surface area contributed by atoms with E-state index in [0.717, 1.165) is 27.8 Å². The van der Waals surface area contributed by atoms with Crippen LogP contribution in [0.15, 0.2) is 42.7 Å². The second kappa shape index (κ2) is 10.8. The summed E-state index contributed by atoms with van der Waals surface area (Å²) >= 11 is 0. The van der Waals surface area contributed by atoms with Crippen molar-refractivity contribution in [1.82, 2.24) is 15.1 Å². The molecule has 0 aliphatic carbocycles. The molecule has 0 saturated carbocycles. The fourth-order valence-electron chi connectivity index (χ4n) is 3.62. The summed E-state index contributed by atoms with van der Waals surface area (Å²) < 4.78 is 12.9. The number of aliphatic hydroxyl groups is 1. The van der Waals surface area contributed by atoms with Crippen LogP contribution in [0, 0.1) is 6.92 Å². The van der Waals surface area contributed by atoms with Crippen LogP contribution in [0.1, 0.15) is 22.3 Å². The van der Waals surface area contributed by atoms with Crippen molar-refractivity contribution in [1.29, 1.82) is 0 Å². The molecule has 0 saturated heterocycles. The van der Waals surface area contributed by atoms with Gasteiger partial charge in [0.1, 0.15) is 17.5 Å². The Morgan fingerprint density at radius 1 is 1.21 bits per heavy atom. The average Bonchev–Trinajstić information content (AvgIpc) is 3.24. The number of benzene rings is 2. The molecular formula is C25H29N3O5. The molecule has 0 spiro atoms. The third-order valence-electron chi connectivity index (χ3n) is 5.48. The molecule has 0 aliphatic rings. The molecular weight excluding hydrogens is 422 g/mol. The number of ether oxygens (including phenoxy) is 2. The van der Waals surface area contributed by atoms with Gasteiger partial charge in [0.2, 0.25) is 0 Å². The molecule has 3 N–H and O–H groups in total. The van der Waals surface area contributed by atoms with Crippen LogP contribution in [0.4, 0.5) is 0 Å². The van der Waals surface area contributed by atoms with E-state index in [1.165, 1.54) is 0 Å². The van der Waals surface area contributed by atoms with Gasteiger partial charge in [-0.05, 0) is 41.3 Å². The Balaban J connectivity index is 1.89. The topological polar surface area (TPSA) is 106 Å². The molecule has 0 unspecified atom stereocenters. The number of nitrogens with zero attached hydrogens (tertiary/aromatic N) is 2. The van der Waals surface area contributed by atoms with Gasteiger partial charge in [-0.15, -0.1) is 0 Å². The van der Waals surface area contributed by atoms with Gasteiger partial charge < -0.3 is 19.7 Å². The summed E-state index contributed by atoms with van der Waals surface area (Å²) in [6.07, 6.45) is 7.85. The SMILES string of the molecule is COc1cc(/C=C/c2cccc(-c3cnn(C)c3)c2C)cc(OC)c1CN[C@@H](CO)C(=O)O. The Morgan fingerprint density at radius 2 is 1.91 bits per heavy atom. The number of aromatic nitrogens is 2. The number of carboxylic acid groups (broad SMARTS) is 1. The lowest BCUT2D eigenvalue weighted by Crippen LogP contribution is -2.39. The lowest BCUT2D eigenvalue weighted by atomic mass is 9.97. The molecule has 3 rings (SSSR count). The lowest BCUT2D eigenvalue weighted by molar-refractivity contribution is -0.140. The van der Waals surface area contributed by atoms with Crippen LogP contribution in [-0.4, -0.2) is 52.8 Å². The number of nitrogens with one attached hydrogen (secondary N) is 1. The summed E-state index contributed by atoms with van der Waals surface area (Å²) in [5.41, 5.74) is 5.95. The average molecular weight is 452 g/mol. The van der Waals surface area contributed by atoms with Crippen molar-refractivity contribution < 1.29 is 24.5 Å². The van der Waals surface area contributed by atoms with Crippen molar-refractivity contribution in [3.05, 3.63) is 65.0 Å². The maximum Gasteiger partial charge on any atom is 0.323 e. The minimum Gasteiger partial charge on any atom is -0.496 e. The van der Waals surface area contributed by atoms with E-state index in [1.54, 1.807) is 18.9 Å². The second-order valence-electron chi connectivity index (χ2n) is 7.61. The Kier molecular flexibility index (Phi) is 7.87. The zero-order valence-corrected chi connectivity index (χ0v) is 19.2. The molecule has 0 amide bonds. The van der Waals surface area contributed by atoms with Crippen molar-refractivity contribution in [2.24, 2.45) is 7.05 Å². The molecule has 0 aliphatic heterocycles. The number of methoxy groups -OCH3 is 2. The van der Waals surface area contributed by atoms with Crippen molar-refractivity contribution in [2.75, 3.05) is 20.8 Å². The lowest BCUT2D eigenvalue weighted by Gasteiger charge is -2.17. The monoisotopic (exact) mass is 451 g/mol. The van der Waals surface area contributed by atoms with Crippen LogP contribution in [0.2, 0.25) is 0 Å². The highest BCUT2D eigenvalue weighted by Crippen LogP contribution is 2.32. The number of aliphatic hydroxyl groups excluding tert-OH is 1. The molecule has 1 aromatic heterocycles. The number of rotatable bonds is 10. The standard InChI is InChI=1S/C25H29N3O5/c1-16-18(6-5-7-20(16)19-12-27-28(2)14-19)9-8-17-10-23(32-3)21(24(11-17)33-4)13-26-22(15-29)25(30)31/h5-12,14,22,26,29H,13,15H2,1-4H3,(H,30,31)/b9-8+/t22-/m0/s1. The first-order valence-electron chi connectivity index (χ1n) is 10.5. The third kappa shape index (κ3) is 5.60. The molecule has 3 aromatic rings. The summed E-state index contributed by atoms with van der Waals surface area (Å²) in [6, 6.07) is 8.81. The van der Waals surface area contributed by atoms with Crippen LogP contribution < -0.4 is 14.8 Å². The highest BCUT2D eigenvalue weighted by atomic mass is 16.5. The van der Waals surface area contributed by atoms with Crippen LogP contribution in [0.3, 0.4) is 0 Å². The molecule has 1 heterocycles. The van der Waals surface area contributed by atoms with Gasteiger partial charge >= 0.3 is 5.97 Å². The van der Waals surface area contributed by atoms with Gasteiger partial charge in [-0.2, -0.15) is 5.10 Å². The van der Waals surface area contributed by atoms with Gasteiger partial charge in [0, 0.05) is 30.9 Å². The van der Waals surface area contributed by atoms with E-state index in [1.807, 2.05) is 49.8 Å². The van der Waals surface area contributed by atoms with Gasteiger partial charge in [0.15, 0.2) is 0 Å². The Bertz CT molecular complexity index is 1130. The predicted octanol–water partition coefficient (Wildman–Crippen LogP) is 3.12. The molecule has 0 fully saturated rings. The second-order valence-corrected chi connectivity index (χ2v) is 7.61. The molecule has 0 radical (unpaired) electrons. The maximum absolute atomic E-state index is 11.2. The Labute approximate surface area is 193 Å².